The van der Waals surface area contributed by atoms with Crippen LogP contribution >= 0.6 is 22.9 Å². The van der Waals surface area contributed by atoms with Crippen molar-refractivity contribution in [3.63, 3.8) is 0 Å². The molecule has 1 aromatic heterocycles. The fourth-order valence-corrected chi connectivity index (χ4v) is 3.89. The molecule has 0 saturated carbocycles. The van der Waals surface area contributed by atoms with Crippen LogP contribution in [0.5, 0.6) is 0 Å². The summed E-state index contributed by atoms with van der Waals surface area (Å²) in [5.74, 6) is -1.32. The van der Waals surface area contributed by atoms with Crippen LogP contribution in [0.3, 0.4) is 0 Å². The molecule has 0 aliphatic carbocycles. The van der Waals surface area contributed by atoms with Crippen molar-refractivity contribution in [1.29, 1.82) is 0 Å². The number of likely N-dealkylation sites (tertiary alicyclic amines) is 1. The minimum atomic E-state index is -0.591. The molecule has 150 valence electrons. The normalized spacial score (nSPS) is 14.6. The van der Waals surface area contributed by atoms with Crippen molar-refractivity contribution >= 4 is 39.9 Å². The van der Waals surface area contributed by atoms with Crippen LogP contribution in [-0.2, 0) is 0 Å². The zero-order valence-corrected chi connectivity index (χ0v) is 16.9. The number of amides is 2. The fourth-order valence-electron chi connectivity index (χ4n) is 3.02. The molecule has 1 aliphatic heterocycles. The Morgan fingerprint density at radius 2 is 2.00 bits per heavy atom. The summed E-state index contributed by atoms with van der Waals surface area (Å²) in [6.07, 6.45) is 4.71. The van der Waals surface area contributed by atoms with E-state index in [1.165, 1.54) is 31.4 Å². The molecule has 1 aliphatic rings. The number of halogens is 2. The van der Waals surface area contributed by atoms with Crippen LogP contribution in [0.25, 0.3) is 0 Å². The van der Waals surface area contributed by atoms with Gasteiger partial charge in [-0.1, -0.05) is 18.0 Å². The van der Waals surface area contributed by atoms with Gasteiger partial charge in [0.05, 0.1) is 5.02 Å². The van der Waals surface area contributed by atoms with E-state index >= 15 is 0 Å². The number of thiazole rings is 1. The first-order chi connectivity index (χ1) is 13.5. The molecule has 3 rings (SSSR count). The number of hydrogen-bond donors (Lipinski definition) is 2. The van der Waals surface area contributed by atoms with Crippen LogP contribution in [0.15, 0.2) is 23.6 Å². The Morgan fingerprint density at radius 3 is 2.75 bits per heavy atom. The van der Waals surface area contributed by atoms with E-state index in [1.54, 1.807) is 5.38 Å². The van der Waals surface area contributed by atoms with Gasteiger partial charge in [-0.2, -0.15) is 0 Å². The maximum Gasteiger partial charge on any atom is 0.270 e. The largest absolute Gasteiger partial charge is 0.351 e. The van der Waals surface area contributed by atoms with Gasteiger partial charge in [-0.25, -0.2) is 9.37 Å². The third-order valence-corrected chi connectivity index (χ3v) is 5.57. The van der Waals surface area contributed by atoms with Crippen molar-refractivity contribution < 1.29 is 14.0 Å². The molecule has 0 bridgehead atoms. The molecule has 0 spiro atoms. The van der Waals surface area contributed by atoms with E-state index in [0.717, 1.165) is 43.5 Å². The minimum Gasteiger partial charge on any atom is -0.351 e. The number of anilines is 1. The van der Waals surface area contributed by atoms with Crippen molar-refractivity contribution in [2.45, 2.75) is 25.7 Å². The first-order valence-corrected chi connectivity index (χ1v) is 10.5. The van der Waals surface area contributed by atoms with Crippen LogP contribution in [-0.4, -0.2) is 47.9 Å². The van der Waals surface area contributed by atoms with Gasteiger partial charge in [-0.3, -0.25) is 14.9 Å². The lowest BCUT2D eigenvalue weighted by molar-refractivity contribution is 0.0945. The number of nitrogens with zero attached hydrogens (tertiary/aromatic N) is 2. The second-order valence-corrected chi connectivity index (χ2v) is 7.90. The van der Waals surface area contributed by atoms with Gasteiger partial charge in [0, 0.05) is 17.5 Å². The van der Waals surface area contributed by atoms with E-state index in [0.29, 0.717) is 11.7 Å². The second-order valence-electron chi connectivity index (χ2n) is 6.63. The Labute approximate surface area is 172 Å². The van der Waals surface area contributed by atoms with Crippen LogP contribution in [0, 0.1) is 5.82 Å². The standard InChI is InChI=1S/C19H22ClFN4O2S/c20-14-11-13(5-6-15(14)21)17(26)24-19-23-16(12-28-19)18(27)22-7-4-10-25-8-2-1-3-9-25/h5-6,11-12H,1-4,7-10H2,(H,22,27)(H,23,24,26). The van der Waals surface area contributed by atoms with Gasteiger partial charge in [-0.05, 0) is 57.1 Å². The molecule has 1 saturated heterocycles. The molecule has 0 atom stereocenters. The summed E-state index contributed by atoms with van der Waals surface area (Å²) in [5, 5.41) is 7.21. The summed E-state index contributed by atoms with van der Waals surface area (Å²) in [6, 6.07) is 3.71. The Kier molecular flexibility index (Phi) is 7.36. The van der Waals surface area contributed by atoms with Crippen LogP contribution < -0.4 is 10.6 Å². The molecule has 1 aromatic carbocycles. The zero-order chi connectivity index (χ0) is 19.9. The molecule has 1 fully saturated rings. The Balaban J connectivity index is 1.45. The van der Waals surface area contributed by atoms with Crippen molar-refractivity contribution in [2.24, 2.45) is 0 Å². The van der Waals surface area contributed by atoms with E-state index in [1.807, 2.05) is 0 Å². The predicted octanol–water partition coefficient (Wildman–Crippen LogP) is 3.79. The van der Waals surface area contributed by atoms with E-state index in [-0.39, 0.29) is 22.2 Å². The molecule has 2 amide bonds. The lowest BCUT2D eigenvalue weighted by Crippen LogP contribution is -2.33. The maximum absolute atomic E-state index is 13.2. The van der Waals surface area contributed by atoms with Gasteiger partial charge < -0.3 is 10.2 Å². The number of carbonyl (C=O) groups is 2. The highest BCUT2D eigenvalue weighted by Gasteiger charge is 2.15. The lowest BCUT2D eigenvalue weighted by Gasteiger charge is -2.26. The predicted molar refractivity (Wildman–Crippen MR) is 109 cm³/mol. The summed E-state index contributed by atoms with van der Waals surface area (Å²) in [6.45, 7) is 3.85. The second kappa shape index (κ2) is 9.95. The monoisotopic (exact) mass is 424 g/mol. The topological polar surface area (TPSA) is 74.3 Å². The first kappa shape index (κ1) is 20.7. The average Bonchev–Trinajstić information content (AvgIpc) is 3.16. The lowest BCUT2D eigenvalue weighted by atomic mass is 10.1. The highest BCUT2D eigenvalue weighted by molar-refractivity contribution is 7.14. The number of carbonyl (C=O) groups excluding carboxylic acids is 2. The number of hydrogen-bond acceptors (Lipinski definition) is 5. The fraction of sp³-hybridized carbons (Fsp3) is 0.421. The Hall–Kier alpha value is -2.03. The van der Waals surface area contributed by atoms with E-state index < -0.39 is 11.7 Å². The molecular weight excluding hydrogens is 403 g/mol. The van der Waals surface area contributed by atoms with Crippen molar-refractivity contribution in [3.8, 4) is 0 Å². The molecule has 2 aromatic rings. The zero-order valence-electron chi connectivity index (χ0n) is 15.3. The quantitative estimate of drug-likeness (QED) is 0.663. The van der Waals surface area contributed by atoms with E-state index in [9.17, 15) is 14.0 Å². The smallest absolute Gasteiger partial charge is 0.270 e. The first-order valence-electron chi connectivity index (χ1n) is 9.25. The minimum absolute atomic E-state index is 0.128. The molecule has 6 nitrogen and oxygen atoms in total. The highest BCUT2D eigenvalue weighted by atomic mass is 35.5. The molecule has 0 unspecified atom stereocenters. The molecule has 2 N–H and O–H groups in total. The van der Waals surface area contributed by atoms with Gasteiger partial charge in [-0.15, -0.1) is 11.3 Å². The van der Waals surface area contributed by atoms with Gasteiger partial charge in [0.25, 0.3) is 11.8 Å². The third-order valence-electron chi connectivity index (χ3n) is 4.52. The summed E-state index contributed by atoms with van der Waals surface area (Å²) in [7, 11) is 0. The van der Waals surface area contributed by atoms with Crippen molar-refractivity contribution in [2.75, 3.05) is 31.5 Å². The Bertz CT molecular complexity index is 839. The molecule has 28 heavy (non-hydrogen) atoms. The number of piperidine rings is 1. The number of aromatic nitrogens is 1. The molecule has 9 heteroatoms. The average molecular weight is 425 g/mol. The number of nitrogens with one attached hydrogen (secondary N) is 2. The maximum atomic E-state index is 13.2. The summed E-state index contributed by atoms with van der Waals surface area (Å²) >= 11 is 6.84. The van der Waals surface area contributed by atoms with Crippen molar-refractivity contribution in [3.05, 3.63) is 45.7 Å². The van der Waals surface area contributed by atoms with Crippen LogP contribution in [0.2, 0.25) is 5.02 Å². The summed E-state index contributed by atoms with van der Waals surface area (Å²) in [4.78, 5) is 30.9. The number of benzene rings is 1. The summed E-state index contributed by atoms with van der Waals surface area (Å²) < 4.78 is 13.2. The molecule has 0 radical (unpaired) electrons. The van der Waals surface area contributed by atoms with E-state index in [4.69, 9.17) is 11.6 Å². The van der Waals surface area contributed by atoms with Gasteiger partial charge >= 0.3 is 0 Å². The van der Waals surface area contributed by atoms with Gasteiger partial charge in [0.2, 0.25) is 0 Å². The third kappa shape index (κ3) is 5.73. The van der Waals surface area contributed by atoms with E-state index in [2.05, 4.69) is 20.5 Å². The molecule has 2 heterocycles. The van der Waals surface area contributed by atoms with Gasteiger partial charge in [0.1, 0.15) is 11.5 Å². The van der Waals surface area contributed by atoms with Crippen LogP contribution in [0.1, 0.15) is 46.5 Å². The van der Waals surface area contributed by atoms with Gasteiger partial charge in [0.15, 0.2) is 5.13 Å². The highest BCUT2D eigenvalue weighted by Crippen LogP contribution is 2.19. The van der Waals surface area contributed by atoms with Crippen molar-refractivity contribution in [1.82, 2.24) is 15.2 Å². The summed E-state index contributed by atoms with van der Waals surface area (Å²) in [5.41, 5.74) is 0.473. The molecular formula is C19H22ClFN4O2S. The Morgan fingerprint density at radius 1 is 1.21 bits per heavy atom. The number of rotatable bonds is 7. The SMILES string of the molecule is O=C(Nc1nc(C(=O)NCCCN2CCCCC2)cs1)c1ccc(F)c(Cl)c1. The van der Waals surface area contributed by atoms with Crippen LogP contribution in [0.4, 0.5) is 9.52 Å².